The van der Waals surface area contributed by atoms with Gasteiger partial charge in [-0.05, 0) is 17.7 Å². The van der Waals surface area contributed by atoms with Gasteiger partial charge in [0.15, 0.2) is 0 Å². The standard InChI is InChI=1S/C12H11F4NO3/c13-10(11(20)17-6-5-9(18)19)7-1-3-8(4-2-7)12(14,15)16/h1-4,10H,5-6H2,(H,17,20)(H,18,19). The lowest BCUT2D eigenvalue weighted by atomic mass is 10.1. The first-order chi connectivity index (χ1) is 9.21. The van der Waals surface area contributed by atoms with Crippen LogP contribution in [0.1, 0.15) is 23.7 Å². The second-order valence-electron chi connectivity index (χ2n) is 3.92. The van der Waals surface area contributed by atoms with Crippen molar-refractivity contribution in [3.63, 3.8) is 0 Å². The van der Waals surface area contributed by atoms with E-state index < -0.39 is 29.8 Å². The molecule has 0 radical (unpaired) electrons. The van der Waals surface area contributed by atoms with Crippen molar-refractivity contribution < 1.29 is 32.3 Å². The second kappa shape index (κ2) is 6.36. The predicted molar refractivity (Wildman–Crippen MR) is 60.6 cm³/mol. The van der Waals surface area contributed by atoms with Crippen molar-refractivity contribution in [1.82, 2.24) is 5.32 Å². The third-order valence-electron chi connectivity index (χ3n) is 2.40. The Labute approximate surface area is 111 Å². The van der Waals surface area contributed by atoms with E-state index in [9.17, 15) is 27.2 Å². The lowest BCUT2D eigenvalue weighted by Gasteiger charge is -2.11. The quantitative estimate of drug-likeness (QED) is 0.819. The fourth-order valence-electron chi connectivity index (χ4n) is 1.37. The Bertz CT molecular complexity index is 484. The van der Waals surface area contributed by atoms with Crippen molar-refractivity contribution >= 4 is 11.9 Å². The van der Waals surface area contributed by atoms with Crippen LogP contribution >= 0.6 is 0 Å². The minimum absolute atomic E-state index is 0.231. The lowest BCUT2D eigenvalue weighted by molar-refractivity contribution is -0.138. The van der Waals surface area contributed by atoms with E-state index >= 15 is 0 Å². The van der Waals surface area contributed by atoms with Crippen LogP contribution in [0.2, 0.25) is 0 Å². The first-order valence-electron chi connectivity index (χ1n) is 5.52. The molecule has 1 rings (SSSR count). The van der Waals surface area contributed by atoms with Crippen LogP contribution < -0.4 is 5.32 Å². The summed E-state index contributed by atoms with van der Waals surface area (Å²) in [5.41, 5.74) is -1.18. The Balaban J connectivity index is 2.65. The maximum Gasteiger partial charge on any atom is 0.416 e. The topological polar surface area (TPSA) is 66.4 Å². The van der Waals surface area contributed by atoms with Crippen LogP contribution in [0.4, 0.5) is 17.6 Å². The average molecular weight is 293 g/mol. The van der Waals surface area contributed by atoms with Gasteiger partial charge in [0.2, 0.25) is 6.17 Å². The molecule has 1 aromatic rings. The highest BCUT2D eigenvalue weighted by molar-refractivity contribution is 5.82. The van der Waals surface area contributed by atoms with Gasteiger partial charge in [0, 0.05) is 6.54 Å². The molecule has 1 unspecified atom stereocenters. The smallest absolute Gasteiger partial charge is 0.416 e. The zero-order valence-corrected chi connectivity index (χ0v) is 10.1. The number of nitrogens with one attached hydrogen (secondary N) is 1. The van der Waals surface area contributed by atoms with Crippen LogP contribution in [0.25, 0.3) is 0 Å². The molecule has 20 heavy (non-hydrogen) atoms. The van der Waals surface area contributed by atoms with Gasteiger partial charge in [-0.3, -0.25) is 9.59 Å². The molecular weight excluding hydrogens is 282 g/mol. The zero-order valence-electron chi connectivity index (χ0n) is 10.1. The number of benzene rings is 1. The molecule has 0 aliphatic carbocycles. The van der Waals surface area contributed by atoms with Crippen LogP contribution in [0.15, 0.2) is 24.3 Å². The molecule has 0 aromatic heterocycles. The highest BCUT2D eigenvalue weighted by Gasteiger charge is 2.30. The molecule has 4 nitrogen and oxygen atoms in total. The maximum absolute atomic E-state index is 13.6. The van der Waals surface area contributed by atoms with Gasteiger partial charge < -0.3 is 10.4 Å². The fraction of sp³-hybridized carbons (Fsp3) is 0.333. The van der Waals surface area contributed by atoms with E-state index in [0.717, 1.165) is 12.1 Å². The summed E-state index contributed by atoms with van der Waals surface area (Å²) in [6.45, 7) is -0.255. The maximum atomic E-state index is 13.6. The Morgan fingerprint density at radius 3 is 2.20 bits per heavy atom. The Kier molecular flexibility index (Phi) is 5.06. The normalized spacial score (nSPS) is 12.8. The molecule has 0 aliphatic heterocycles. The first-order valence-corrected chi connectivity index (χ1v) is 5.52. The fourth-order valence-corrected chi connectivity index (χ4v) is 1.37. The number of carboxylic acids is 1. The molecule has 0 bridgehead atoms. The van der Waals surface area contributed by atoms with E-state index in [-0.39, 0.29) is 18.5 Å². The van der Waals surface area contributed by atoms with Crippen molar-refractivity contribution in [3.8, 4) is 0 Å². The lowest BCUT2D eigenvalue weighted by Crippen LogP contribution is -2.29. The number of amides is 1. The molecule has 1 aromatic carbocycles. The molecule has 1 amide bonds. The van der Waals surface area contributed by atoms with Crippen molar-refractivity contribution in [2.45, 2.75) is 18.8 Å². The first kappa shape index (κ1) is 15.9. The number of alkyl halides is 4. The number of carbonyl (C=O) groups excluding carboxylic acids is 1. The van der Waals surface area contributed by atoms with Gasteiger partial charge in [-0.1, -0.05) is 12.1 Å². The largest absolute Gasteiger partial charge is 0.481 e. The van der Waals surface area contributed by atoms with Crippen LogP contribution in [-0.4, -0.2) is 23.5 Å². The molecule has 0 saturated heterocycles. The average Bonchev–Trinajstić information content (AvgIpc) is 2.36. The van der Waals surface area contributed by atoms with E-state index in [2.05, 4.69) is 0 Å². The number of hydrogen-bond donors (Lipinski definition) is 2. The van der Waals surface area contributed by atoms with Crippen molar-refractivity contribution in [2.75, 3.05) is 6.54 Å². The molecule has 2 N–H and O–H groups in total. The van der Waals surface area contributed by atoms with Crippen LogP contribution in [0.5, 0.6) is 0 Å². The highest BCUT2D eigenvalue weighted by Crippen LogP contribution is 2.30. The Hall–Kier alpha value is -2.12. The van der Waals surface area contributed by atoms with E-state index in [0.29, 0.717) is 12.1 Å². The summed E-state index contributed by atoms with van der Waals surface area (Å²) in [6, 6.07) is 3.08. The van der Waals surface area contributed by atoms with Gasteiger partial charge in [-0.15, -0.1) is 0 Å². The summed E-state index contributed by atoms with van der Waals surface area (Å²) in [6.07, 6.45) is -7.05. The van der Waals surface area contributed by atoms with E-state index in [1.54, 1.807) is 0 Å². The number of rotatable bonds is 5. The number of aliphatic carboxylic acids is 1. The SMILES string of the molecule is O=C(O)CCNC(=O)C(F)c1ccc(C(F)(F)F)cc1. The van der Waals surface area contributed by atoms with E-state index in [4.69, 9.17) is 5.11 Å². The van der Waals surface area contributed by atoms with Gasteiger partial charge in [0.1, 0.15) is 0 Å². The molecule has 0 saturated carbocycles. The zero-order chi connectivity index (χ0) is 15.3. The van der Waals surface area contributed by atoms with E-state index in [1.807, 2.05) is 5.32 Å². The number of halogens is 4. The number of carbonyl (C=O) groups is 2. The van der Waals surface area contributed by atoms with E-state index in [1.165, 1.54) is 0 Å². The van der Waals surface area contributed by atoms with Gasteiger partial charge in [0.25, 0.3) is 5.91 Å². The van der Waals surface area contributed by atoms with Crippen molar-refractivity contribution in [1.29, 1.82) is 0 Å². The second-order valence-corrected chi connectivity index (χ2v) is 3.92. The minimum Gasteiger partial charge on any atom is -0.481 e. The molecule has 0 spiro atoms. The number of hydrogen-bond acceptors (Lipinski definition) is 2. The van der Waals surface area contributed by atoms with Gasteiger partial charge in [-0.2, -0.15) is 13.2 Å². The third-order valence-corrected chi connectivity index (χ3v) is 2.40. The summed E-state index contributed by atoms with van der Waals surface area (Å²) in [4.78, 5) is 21.5. The Morgan fingerprint density at radius 1 is 1.20 bits per heavy atom. The molecule has 0 fully saturated rings. The minimum atomic E-state index is -4.53. The van der Waals surface area contributed by atoms with Crippen molar-refractivity contribution in [2.24, 2.45) is 0 Å². The summed E-state index contributed by atoms with van der Waals surface area (Å²) < 4.78 is 50.5. The van der Waals surface area contributed by atoms with Crippen LogP contribution in [0, 0.1) is 0 Å². The number of carboxylic acid groups (broad SMARTS) is 1. The molecular formula is C12H11F4NO3. The molecule has 0 aliphatic rings. The van der Waals surface area contributed by atoms with Gasteiger partial charge in [0.05, 0.1) is 12.0 Å². The summed E-state index contributed by atoms with van der Waals surface area (Å²) in [5.74, 6) is -2.25. The Morgan fingerprint density at radius 2 is 1.75 bits per heavy atom. The molecule has 110 valence electrons. The summed E-state index contributed by atoms with van der Waals surface area (Å²) in [5, 5.41) is 10.4. The molecule has 1 atom stereocenters. The molecule has 0 heterocycles. The molecule has 8 heteroatoms. The van der Waals surface area contributed by atoms with Crippen LogP contribution in [-0.2, 0) is 15.8 Å². The highest BCUT2D eigenvalue weighted by atomic mass is 19.4. The predicted octanol–water partition coefficient (Wildman–Crippen LogP) is 2.31. The monoisotopic (exact) mass is 293 g/mol. The summed E-state index contributed by atoms with van der Waals surface area (Å²) in [7, 11) is 0. The van der Waals surface area contributed by atoms with Crippen molar-refractivity contribution in [3.05, 3.63) is 35.4 Å². The summed E-state index contributed by atoms with van der Waals surface area (Å²) >= 11 is 0. The van der Waals surface area contributed by atoms with Gasteiger partial charge >= 0.3 is 12.1 Å². The third kappa shape index (κ3) is 4.52. The van der Waals surface area contributed by atoms with Crippen LogP contribution in [0.3, 0.4) is 0 Å². The van der Waals surface area contributed by atoms with Gasteiger partial charge in [-0.25, -0.2) is 4.39 Å².